The Kier molecular flexibility index (Phi) is 1.68. The molecule has 1 aliphatic heterocycles. The van der Waals surface area contributed by atoms with Crippen LogP contribution in [0.25, 0.3) is 0 Å². The van der Waals surface area contributed by atoms with E-state index in [1.807, 2.05) is 12.1 Å². The molecule has 1 aliphatic carbocycles. The number of hydrogen-bond donors (Lipinski definition) is 2. The van der Waals surface area contributed by atoms with Crippen LogP contribution in [0.3, 0.4) is 0 Å². The number of halogens is 1. The second-order valence-corrected chi connectivity index (χ2v) is 4.74. The Labute approximate surface area is 88.6 Å². The first-order valence-corrected chi connectivity index (χ1v) is 5.47. The van der Waals surface area contributed by atoms with Crippen molar-refractivity contribution in [1.29, 1.82) is 0 Å². The van der Waals surface area contributed by atoms with Gasteiger partial charge in [0.25, 0.3) is 0 Å². The molecule has 0 unspecified atom stereocenters. The van der Waals surface area contributed by atoms with Crippen molar-refractivity contribution in [1.82, 2.24) is 0 Å². The molecule has 1 aromatic carbocycles. The van der Waals surface area contributed by atoms with Gasteiger partial charge in [-0.3, -0.25) is 0 Å². The molecule has 0 radical (unpaired) electrons. The van der Waals surface area contributed by atoms with Crippen LogP contribution >= 0.6 is 11.6 Å². The molecule has 0 saturated heterocycles. The molecule has 1 aromatic rings. The van der Waals surface area contributed by atoms with E-state index in [0.29, 0.717) is 5.54 Å². The molecule has 74 valence electrons. The molecule has 0 atom stereocenters. The summed E-state index contributed by atoms with van der Waals surface area (Å²) in [6.45, 7) is 1.03. The van der Waals surface area contributed by atoms with Gasteiger partial charge in [0.05, 0.1) is 16.9 Å². The molecule has 1 heterocycles. The van der Waals surface area contributed by atoms with Crippen molar-refractivity contribution in [2.75, 3.05) is 17.2 Å². The minimum atomic E-state index is 0.334. The van der Waals surface area contributed by atoms with Crippen LogP contribution in [-0.2, 0) is 0 Å². The van der Waals surface area contributed by atoms with Crippen LogP contribution in [-0.4, -0.2) is 12.1 Å². The van der Waals surface area contributed by atoms with Gasteiger partial charge >= 0.3 is 0 Å². The quantitative estimate of drug-likeness (QED) is 0.685. The lowest BCUT2D eigenvalue weighted by Crippen LogP contribution is -2.52. The molecule has 3 rings (SSSR count). The first-order valence-electron chi connectivity index (χ1n) is 5.09. The second-order valence-electron chi connectivity index (χ2n) is 4.30. The maximum absolute atomic E-state index is 5.93. The molecule has 0 amide bonds. The first-order chi connectivity index (χ1) is 6.77. The van der Waals surface area contributed by atoms with E-state index in [0.717, 1.165) is 17.3 Å². The van der Waals surface area contributed by atoms with Crippen LogP contribution in [0.5, 0.6) is 0 Å². The Morgan fingerprint density at radius 3 is 2.79 bits per heavy atom. The Hall–Kier alpha value is -0.890. The molecule has 0 aromatic heterocycles. The molecule has 2 nitrogen and oxygen atoms in total. The van der Waals surface area contributed by atoms with Crippen LogP contribution < -0.4 is 10.6 Å². The van der Waals surface area contributed by atoms with E-state index in [9.17, 15) is 0 Å². The molecule has 2 aliphatic rings. The number of nitrogens with one attached hydrogen (secondary N) is 2. The van der Waals surface area contributed by atoms with Crippen molar-refractivity contribution in [2.45, 2.75) is 24.8 Å². The molecule has 14 heavy (non-hydrogen) atoms. The Morgan fingerprint density at radius 1 is 1.21 bits per heavy atom. The first kappa shape index (κ1) is 8.42. The lowest BCUT2D eigenvalue weighted by Gasteiger charge is -2.47. The summed E-state index contributed by atoms with van der Waals surface area (Å²) in [7, 11) is 0. The van der Waals surface area contributed by atoms with Gasteiger partial charge in [-0.05, 0) is 37.5 Å². The Balaban J connectivity index is 1.94. The molecule has 3 heteroatoms. The lowest BCUT2D eigenvalue weighted by molar-refractivity contribution is 0.291. The summed E-state index contributed by atoms with van der Waals surface area (Å²) < 4.78 is 0. The fourth-order valence-corrected chi connectivity index (χ4v) is 2.44. The number of hydrogen-bond acceptors (Lipinski definition) is 2. The third kappa shape index (κ3) is 1.17. The molecule has 0 bridgehead atoms. The molecule has 2 N–H and O–H groups in total. The van der Waals surface area contributed by atoms with Crippen molar-refractivity contribution in [2.24, 2.45) is 0 Å². The highest BCUT2D eigenvalue weighted by molar-refractivity contribution is 6.31. The molecule has 1 fully saturated rings. The summed E-state index contributed by atoms with van der Waals surface area (Å²) in [5, 5.41) is 7.86. The van der Waals surface area contributed by atoms with Crippen LogP contribution in [0, 0.1) is 0 Å². The molecule has 1 spiro atoms. The SMILES string of the molecule is Clc1ccc2c(c1)NCC1(CCC1)N2. The monoisotopic (exact) mass is 208 g/mol. The normalized spacial score (nSPS) is 21.8. The number of anilines is 2. The van der Waals surface area contributed by atoms with Gasteiger partial charge in [-0.25, -0.2) is 0 Å². The van der Waals surface area contributed by atoms with Crippen molar-refractivity contribution in [3.8, 4) is 0 Å². The van der Waals surface area contributed by atoms with E-state index in [1.165, 1.54) is 24.9 Å². The topological polar surface area (TPSA) is 24.1 Å². The maximum atomic E-state index is 5.93. The van der Waals surface area contributed by atoms with Gasteiger partial charge in [-0.15, -0.1) is 0 Å². The summed E-state index contributed by atoms with van der Waals surface area (Å²) >= 11 is 5.93. The van der Waals surface area contributed by atoms with Gasteiger partial charge in [-0.2, -0.15) is 0 Å². The van der Waals surface area contributed by atoms with E-state index in [1.54, 1.807) is 0 Å². The molecule has 1 saturated carbocycles. The Morgan fingerprint density at radius 2 is 2.07 bits per heavy atom. The Bertz CT molecular complexity index is 372. The average Bonchev–Trinajstić information content (AvgIpc) is 2.15. The lowest BCUT2D eigenvalue weighted by atomic mass is 9.75. The largest absolute Gasteiger partial charge is 0.381 e. The van der Waals surface area contributed by atoms with E-state index in [2.05, 4.69) is 16.7 Å². The molecular weight excluding hydrogens is 196 g/mol. The third-order valence-corrected chi connectivity index (χ3v) is 3.54. The van der Waals surface area contributed by atoms with E-state index in [4.69, 9.17) is 11.6 Å². The van der Waals surface area contributed by atoms with Crippen molar-refractivity contribution >= 4 is 23.0 Å². The second kappa shape index (κ2) is 2.80. The number of rotatable bonds is 0. The number of benzene rings is 1. The van der Waals surface area contributed by atoms with Gasteiger partial charge in [0.2, 0.25) is 0 Å². The van der Waals surface area contributed by atoms with Gasteiger partial charge in [-0.1, -0.05) is 11.6 Å². The fraction of sp³-hybridized carbons (Fsp3) is 0.455. The van der Waals surface area contributed by atoms with Crippen LogP contribution in [0.15, 0.2) is 18.2 Å². The van der Waals surface area contributed by atoms with Gasteiger partial charge in [0.15, 0.2) is 0 Å². The summed E-state index contributed by atoms with van der Waals surface area (Å²) in [6, 6.07) is 5.98. The van der Waals surface area contributed by atoms with Crippen LogP contribution in [0.4, 0.5) is 11.4 Å². The summed E-state index contributed by atoms with van der Waals surface area (Å²) in [6.07, 6.45) is 3.90. The van der Waals surface area contributed by atoms with Crippen molar-refractivity contribution < 1.29 is 0 Å². The van der Waals surface area contributed by atoms with E-state index in [-0.39, 0.29) is 0 Å². The summed E-state index contributed by atoms with van der Waals surface area (Å²) in [5.74, 6) is 0. The van der Waals surface area contributed by atoms with Gasteiger partial charge in [0.1, 0.15) is 0 Å². The predicted octanol–water partition coefficient (Wildman–Crippen LogP) is 3.10. The van der Waals surface area contributed by atoms with Crippen LogP contribution in [0.1, 0.15) is 19.3 Å². The van der Waals surface area contributed by atoms with Crippen LogP contribution in [0.2, 0.25) is 5.02 Å². The van der Waals surface area contributed by atoms with Crippen molar-refractivity contribution in [3.63, 3.8) is 0 Å². The minimum Gasteiger partial charge on any atom is -0.381 e. The standard InChI is InChI=1S/C11H13ClN2/c12-8-2-3-9-10(6-8)13-7-11(14-9)4-1-5-11/h2-3,6,13-14H,1,4-5,7H2. The fourth-order valence-electron chi connectivity index (χ4n) is 2.27. The summed E-state index contributed by atoms with van der Waals surface area (Å²) in [4.78, 5) is 0. The smallest absolute Gasteiger partial charge is 0.0591 e. The zero-order valence-electron chi connectivity index (χ0n) is 7.94. The predicted molar refractivity (Wildman–Crippen MR) is 60.1 cm³/mol. The van der Waals surface area contributed by atoms with E-state index >= 15 is 0 Å². The zero-order valence-corrected chi connectivity index (χ0v) is 8.69. The zero-order chi connectivity index (χ0) is 9.60. The highest BCUT2D eigenvalue weighted by atomic mass is 35.5. The highest BCUT2D eigenvalue weighted by Crippen LogP contribution is 2.41. The third-order valence-electron chi connectivity index (χ3n) is 3.31. The molecular formula is C11H13ClN2. The van der Waals surface area contributed by atoms with Gasteiger partial charge < -0.3 is 10.6 Å². The summed E-state index contributed by atoms with van der Waals surface area (Å²) in [5.41, 5.74) is 2.66. The van der Waals surface area contributed by atoms with E-state index < -0.39 is 0 Å². The van der Waals surface area contributed by atoms with Crippen molar-refractivity contribution in [3.05, 3.63) is 23.2 Å². The number of fused-ring (bicyclic) bond motifs is 1. The maximum Gasteiger partial charge on any atom is 0.0591 e. The minimum absolute atomic E-state index is 0.334. The van der Waals surface area contributed by atoms with Gasteiger partial charge in [0, 0.05) is 11.6 Å². The highest BCUT2D eigenvalue weighted by Gasteiger charge is 2.39. The average molecular weight is 209 g/mol.